The summed E-state index contributed by atoms with van der Waals surface area (Å²) in [6.07, 6.45) is 1.87. The minimum absolute atomic E-state index is 0.169. The molecule has 1 fully saturated rings. The Hall–Kier alpha value is -2.08. The molecule has 1 aromatic carbocycles. The fourth-order valence-electron chi connectivity index (χ4n) is 2.74. The second kappa shape index (κ2) is 4.49. The molecule has 2 aromatic rings. The number of fused-ring (bicyclic) bond motifs is 1. The van der Waals surface area contributed by atoms with Crippen molar-refractivity contribution in [3.63, 3.8) is 0 Å². The van der Waals surface area contributed by atoms with Crippen LogP contribution in [0.5, 0.6) is 0 Å². The van der Waals surface area contributed by atoms with Crippen LogP contribution in [0.25, 0.3) is 11.0 Å². The Balaban J connectivity index is 2.09. The van der Waals surface area contributed by atoms with Gasteiger partial charge in [0.2, 0.25) is 0 Å². The van der Waals surface area contributed by atoms with E-state index in [1.165, 1.54) is 12.1 Å². The number of H-pyrrole nitrogens is 1. The van der Waals surface area contributed by atoms with Crippen LogP contribution in [0.4, 0.5) is 0 Å². The lowest BCUT2D eigenvalue weighted by molar-refractivity contribution is 0.00642. The Bertz CT molecular complexity index is 722. The van der Waals surface area contributed by atoms with E-state index in [9.17, 15) is 9.59 Å². The summed E-state index contributed by atoms with van der Waals surface area (Å²) in [6.45, 7) is 3.11. The second-order valence-electron chi connectivity index (χ2n) is 5.46. The average molecular weight is 276 g/mol. The minimum atomic E-state index is -1.00. The smallest absolute Gasteiger partial charge is 0.335 e. The van der Waals surface area contributed by atoms with E-state index >= 15 is 0 Å². The molecule has 20 heavy (non-hydrogen) atoms. The van der Waals surface area contributed by atoms with Crippen LogP contribution in [0, 0.1) is 0 Å². The predicted octanol–water partition coefficient (Wildman–Crippen LogP) is 1.60. The molecule has 1 saturated heterocycles. The summed E-state index contributed by atoms with van der Waals surface area (Å²) in [4.78, 5) is 25.8. The van der Waals surface area contributed by atoms with Crippen molar-refractivity contribution in [2.75, 3.05) is 6.61 Å². The largest absolute Gasteiger partial charge is 0.478 e. The van der Waals surface area contributed by atoms with Gasteiger partial charge in [0.25, 0.3) is 0 Å². The molecule has 0 saturated carbocycles. The van der Waals surface area contributed by atoms with Gasteiger partial charge in [0.15, 0.2) is 0 Å². The van der Waals surface area contributed by atoms with Crippen molar-refractivity contribution in [1.82, 2.24) is 9.55 Å². The monoisotopic (exact) mass is 276 g/mol. The molecular formula is C14H16N2O4. The first-order chi connectivity index (χ1) is 9.48. The van der Waals surface area contributed by atoms with E-state index in [0.717, 1.165) is 12.8 Å². The van der Waals surface area contributed by atoms with Gasteiger partial charge in [0, 0.05) is 6.61 Å². The lowest BCUT2D eigenvalue weighted by Crippen LogP contribution is -2.33. The molecule has 2 heterocycles. The van der Waals surface area contributed by atoms with Gasteiger partial charge in [-0.2, -0.15) is 0 Å². The van der Waals surface area contributed by atoms with Crippen LogP contribution >= 0.6 is 0 Å². The number of nitrogens with zero attached hydrogens (tertiary/aromatic N) is 1. The molecule has 6 heteroatoms. The van der Waals surface area contributed by atoms with E-state index in [4.69, 9.17) is 9.84 Å². The third-order valence-electron chi connectivity index (χ3n) is 3.82. The molecule has 0 bridgehead atoms. The van der Waals surface area contributed by atoms with Gasteiger partial charge in [-0.25, -0.2) is 9.59 Å². The molecule has 0 spiro atoms. The zero-order valence-electron chi connectivity index (χ0n) is 11.2. The van der Waals surface area contributed by atoms with Crippen LogP contribution in [0.15, 0.2) is 23.0 Å². The topological polar surface area (TPSA) is 84.3 Å². The summed E-state index contributed by atoms with van der Waals surface area (Å²) >= 11 is 0. The number of carboxylic acids is 1. The molecule has 1 aliphatic heterocycles. The number of rotatable bonds is 3. The number of hydrogen-bond donors (Lipinski definition) is 2. The molecule has 0 radical (unpaired) electrons. The molecule has 3 rings (SSSR count). The maximum absolute atomic E-state index is 12.1. The number of carbonyl (C=O) groups is 1. The third-order valence-corrected chi connectivity index (χ3v) is 3.82. The molecule has 1 atom stereocenters. The Labute approximate surface area is 115 Å². The van der Waals surface area contributed by atoms with E-state index in [2.05, 4.69) is 4.98 Å². The van der Waals surface area contributed by atoms with Gasteiger partial charge in [-0.3, -0.25) is 4.57 Å². The first kappa shape index (κ1) is 12.9. The molecule has 106 valence electrons. The number of aromatic nitrogens is 2. The number of hydrogen-bond acceptors (Lipinski definition) is 3. The molecule has 0 aliphatic carbocycles. The van der Waals surface area contributed by atoms with Gasteiger partial charge in [-0.15, -0.1) is 0 Å². The number of aromatic amines is 1. The van der Waals surface area contributed by atoms with E-state index in [1.807, 2.05) is 6.92 Å². The van der Waals surface area contributed by atoms with E-state index in [0.29, 0.717) is 24.2 Å². The standard InChI is InChI=1S/C14H16N2O4/c1-14(5-2-6-20-14)8-16-11-7-9(12(17)18)3-4-10(11)15-13(16)19/h3-4,7H,2,5-6,8H2,1H3,(H,15,19)(H,17,18). The zero-order valence-corrected chi connectivity index (χ0v) is 11.2. The number of nitrogens with one attached hydrogen (secondary N) is 1. The van der Waals surface area contributed by atoms with Crippen LogP contribution in [0.2, 0.25) is 0 Å². The van der Waals surface area contributed by atoms with E-state index in [-0.39, 0.29) is 16.9 Å². The van der Waals surface area contributed by atoms with Crippen LogP contribution in [0.1, 0.15) is 30.1 Å². The van der Waals surface area contributed by atoms with Crippen molar-refractivity contribution < 1.29 is 14.6 Å². The Kier molecular flexibility index (Phi) is 2.90. The highest BCUT2D eigenvalue weighted by molar-refractivity contribution is 5.92. The van der Waals surface area contributed by atoms with Gasteiger partial charge in [0.05, 0.1) is 28.7 Å². The summed E-state index contributed by atoms with van der Waals surface area (Å²) in [6, 6.07) is 4.63. The molecule has 1 unspecified atom stereocenters. The van der Waals surface area contributed by atoms with E-state index < -0.39 is 5.97 Å². The van der Waals surface area contributed by atoms with Crippen LogP contribution in [0.3, 0.4) is 0 Å². The summed E-state index contributed by atoms with van der Waals surface area (Å²) < 4.78 is 7.27. The van der Waals surface area contributed by atoms with Gasteiger partial charge >= 0.3 is 11.7 Å². The molecule has 1 aliphatic rings. The number of carboxylic acid groups (broad SMARTS) is 1. The third kappa shape index (κ3) is 2.12. The van der Waals surface area contributed by atoms with Crippen LogP contribution in [-0.4, -0.2) is 32.8 Å². The van der Waals surface area contributed by atoms with Gasteiger partial charge in [-0.05, 0) is 38.0 Å². The van der Waals surface area contributed by atoms with Crippen molar-refractivity contribution in [3.8, 4) is 0 Å². The lowest BCUT2D eigenvalue weighted by atomic mass is 10.0. The van der Waals surface area contributed by atoms with Gasteiger partial charge < -0.3 is 14.8 Å². The SMILES string of the molecule is CC1(Cn2c(=O)[nH]c3ccc(C(=O)O)cc32)CCCO1. The lowest BCUT2D eigenvalue weighted by Gasteiger charge is -2.23. The van der Waals surface area contributed by atoms with E-state index in [1.54, 1.807) is 10.6 Å². The van der Waals surface area contributed by atoms with Crippen molar-refractivity contribution in [3.05, 3.63) is 34.2 Å². The van der Waals surface area contributed by atoms with Gasteiger partial charge in [0.1, 0.15) is 0 Å². The Morgan fingerprint density at radius 3 is 3.00 bits per heavy atom. The summed E-state index contributed by atoms with van der Waals surface area (Å²) in [5, 5.41) is 9.05. The fourth-order valence-corrected chi connectivity index (χ4v) is 2.74. The number of ether oxygens (including phenoxy) is 1. The summed E-state index contributed by atoms with van der Waals surface area (Å²) in [5.74, 6) is -1.00. The van der Waals surface area contributed by atoms with Gasteiger partial charge in [-0.1, -0.05) is 0 Å². The minimum Gasteiger partial charge on any atom is -0.478 e. The first-order valence-electron chi connectivity index (χ1n) is 6.58. The molecule has 0 amide bonds. The van der Waals surface area contributed by atoms with Crippen LogP contribution in [-0.2, 0) is 11.3 Å². The van der Waals surface area contributed by atoms with Crippen molar-refractivity contribution in [2.24, 2.45) is 0 Å². The highest BCUT2D eigenvalue weighted by atomic mass is 16.5. The maximum atomic E-state index is 12.1. The zero-order chi connectivity index (χ0) is 14.3. The molecular weight excluding hydrogens is 260 g/mol. The molecule has 1 aromatic heterocycles. The quantitative estimate of drug-likeness (QED) is 0.891. The molecule has 6 nitrogen and oxygen atoms in total. The normalized spacial score (nSPS) is 22.4. The summed E-state index contributed by atoms with van der Waals surface area (Å²) in [5.41, 5.74) is 0.813. The van der Waals surface area contributed by atoms with Crippen LogP contribution < -0.4 is 5.69 Å². The maximum Gasteiger partial charge on any atom is 0.335 e. The number of aromatic carboxylic acids is 1. The number of imidazole rings is 1. The van der Waals surface area contributed by atoms with Crippen molar-refractivity contribution >= 4 is 17.0 Å². The predicted molar refractivity (Wildman–Crippen MR) is 73.1 cm³/mol. The van der Waals surface area contributed by atoms with Crippen molar-refractivity contribution in [2.45, 2.75) is 31.9 Å². The fraction of sp³-hybridized carbons (Fsp3) is 0.429. The first-order valence-corrected chi connectivity index (χ1v) is 6.58. The van der Waals surface area contributed by atoms with Crippen molar-refractivity contribution in [1.29, 1.82) is 0 Å². The Morgan fingerprint density at radius 2 is 2.35 bits per heavy atom. The molecule has 2 N–H and O–H groups in total. The highest BCUT2D eigenvalue weighted by Gasteiger charge is 2.31. The number of benzene rings is 1. The highest BCUT2D eigenvalue weighted by Crippen LogP contribution is 2.27. The average Bonchev–Trinajstić information content (AvgIpc) is 2.95. The summed E-state index contributed by atoms with van der Waals surface area (Å²) in [7, 11) is 0. The Morgan fingerprint density at radius 1 is 1.55 bits per heavy atom. The second-order valence-corrected chi connectivity index (χ2v) is 5.46.